The molecule has 0 spiro atoms. The van der Waals surface area contributed by atoms with Crippen LogP contribution < -0.4 is 0 Å². The van der Waals surface area contributed by atoms with E-state index in [4.69, 9.17) is 26.4 Å². The Labute approximate surface area is 167 Å². The predicted molar refractivity (Wildman–Crippen MR) is 104 cm³/mol. The van der Waals surface area contributed by atoms with Gasteiger partial charge in [0.15, 0.2) is 17.0 Å². The van der Waals surface area contributed by atoms with Gasteiger partial charge < -0.3 is 14.2 Å². The molecule has 1 aromatic rings. The van der Waals surface area contributed by atoms with Crippen molar-refractivity contribution in [2.24, 2.45) is 10.9 Å². The highest BCUT2D eigenvalue weighted by molar-refractivity contribution is 8.01. The van der Waals surface area contributed by atoms with E-state index in [1.807, 2.05) is 0 Å². The highest BCUT2D eigenvalue weighted by Crippen LogP contribution is 2.44. The lowest BCUT2D eigenvalue weighted by Gasteiger charge is -2.37. The lowest BCUT2D eigenvalue weighted by molar-refractivity contribution is -0.165. The zero-order valence-electron chi connectivity index (χ0n) is 15.8. The van der Waals surface area contributed by atoms with Crippen LogP contribution in [0.5, 0.6) is 0 Å². The Morgan fingerprint density at radius 3 is 2.33 bits per heavy atom. The molecule has 0 fully saturated rings. The van der Waals surface area contributed by atoms with Gasteiger partial charge in [0.2, 0.25) is 0 Å². The molecule has 0 radical (unpaired) electrons. The fraction of sp³-hybridized carbons (Fsp3) is 0.529. The van der Waals surface area contributed by atoms with Crippen LogP contribution in [0.25, 0.3) is 0 Å². The number of nitrogens with zero attached hydrogens (tertiary/aromatic N) is 3. The molecule has 1 aliphatic heterocycles. The van der Waals surface area contributed by atoms with Crippen molar-refractivity contribution >= 4 is 46.8 Å². The van der Waals surface area contributed by atoms with Crippen molar-refractivity contribution in [3.8, 4) is 0 Å². The van der Waals surface area contributed by atoms with Crippen LogP contribution in [-0.4, -0.2) is 50.9 Å². The van der Waals surface area contributed by atoms with Crippen LogP contribution in [0, 0.1) is 19.8 Å². The summed E-state index contributed by atoms with van der Waals surface area (Å²) in [5, 5.41) is 0.257. The van der Waals surface area contributed by atoms with Gasteiger partial charge >= 0.3 is 11.9 Å². The molecular formula is C17H21N3O5S2. The van der Waals surface area contributed by atoms with Crippen molar-refractivity contribution < 1.29 is 23.8 Å². The number of aromatic nitrogens is 2. The van der Waals surface area contributed by atoms with E-state index in [-0.39, 0.29) is 29.3 Å². The van der Waals surface area contributed by atoms with E-state index in [0.717, 1.165) is 11.8 Å². The van der Waals surface area contributed by atoms with Crippen molar-refractivity contribution in [3.05, 3.63) is 17.5 Å². The van der Waals surface area contributed by atoms with Gasteiger partial charge in [-0.05, 0) is 45.5 Å². The molecule has 0 saturated carbocycles. The number of hydrogen-bond acceptors (Lipinski definition) is 9. The highest BCUT2D eigenvalue weighted by Gasteiger charge is 2.60. The Bertz CT molecular complexity index is 779. The number of carbonyl (C=O) groups excluding carboxylic acids is 2. The van der Waals surface area contributed by atoms with Crippen LogP contribution in [0.4, 0.5) is 0 Å². The van der Waals surface area contributed by atoms with Crippen LogP contribution in [-0.2, 0) is 23.8 Å². The molecule has 10 heteroatoms. The molecular weight excluding hydrogens is 390 g/mol. The number of esters is 2. The Morgan fingerprint density at radius 2 is 1.78 bits per heavy atom. The number of aliphatic imine (C=N–C) groups is 1. The summed E-state index contributed by atoms with van der Waals surface area (Å²) in [6, 6.07) is 1.79. The van der Waals surface area contributed by atoms with Gasteiger partial charge in [-0.15, -0.1) is 0 Å². The molecule has 2 heterocycles. The summed E-state index contributed by atoms with van der Waals surface area (Å²) >= 11 is 6.15. The zero-order valence-corrected chi connectivity index (χ0v) is 17.4. The molecule has 2 rings (SSSR count). The van der Waals surface area contributed by atoms with Gasteiger partial charge in [-0.1, -0.05) is 12.2 Å². The van der Waals surface area contributed by atoms with E-state index < -0.39 is 22.8 Å². The minimum Gasteiger partial charge on any atom is -0.465 e. The minimum atomic E-state index is -1.86. The van der Waals surface area contributed by atoms with E-state index in [1.165, 1.54) is 0 Å². The van der Waals surface area contributed by atoms with Gasteiger partial charge in [0, 0.05) is 18.3 Å². The maximum Gasteiger partial charge on any atom is 0.363 e. The van der Waals surface area contributed by atoms with Gasteiger partial charge in [-0.3, -0.25) is 4.79 Å². The number of thioether (sulfide) groups is 1. The van der Waals surface area contributed by atoms with Crippen LogP contribution in [0.15, 0.2) is 16.2 Å². The van der Waals surface area contributed by atoms with Gasteiger partial charge in [-0.25, -0.2) is 19.8 Å². The largest absolute Gasteiger partial charge is 0.465 e. The Morgan fingerprint density at radius 1 is 1.19 bits per heavy atom. The molecule has 2 unspecified atom stereocenters. The Kier molecular flexibility index (Phi) is 6.88. The second-order valence-corrected chi connectivity index (χ2v) is 7.27. The van der Waals surface area contributed by atoms with E-state index in [0.29, 0.717) is 11.4 Å². The van der Waals surface area contributed by atoms with Crippen LogP contribution in [0.2, 0.25) is 0 Å². The standard InChI is InChI=1S/C17H21N3O5S2/c1-6-23-14(21)12-13(26)20-11(5)25-17(12,15(22)24-7-2)27-16-18-9(3)8-10(4)19-16/h8,12H,6-7H2,1-5H3. The number of ether oxygens (including phenoxy) is 3. The van der Waals surface area contributed by atoms with Crippen LogP contribution in [0.3, 0.4) is 0 Å². The van der Waals surface area contributed by atoms with E-state index in [9.17, 15) is 9.59 Å². The Hall–Kier alpha value is -2.07. The number of aryl methyl sites for hydroxylation is 2. The van der Waals surface area contributed by atoms with E-state index in [2.05, 4.69) is 15.0 Å². The maximum atomic E-state index is 13.0. The molecule has 2 atom stereocenters. The topological polar surface area (TPSA) is 100.0 Å². The zero-order chi connectivity index (χ0) is 20.2. The summed E-state index contributed by atoms with van der Waals surface area (Å²) < 4.78 is 16.1. The van der Waals surface area contributed by atoms with E-state index in [1.54, 1.807) is 40.7 Å². The third-order valence-electron chi connectivity index (χ3n) is 3.48. The average Bonchev–Trinajstić information content (AvgIpc) is 2.53. The molecule has 27 heavy (non-hydrogen) atoms. The van der Waals surface area contributed by atoms with Crippen molar-refractivity contribution in [1.82, 2.24) is 9.97 Å². The molecule has 0 amide bonds. The van der Waals surface area contributed by atoms with E-state index >= 15 is 0 Å². The first-order chi connectivity index (χ1) is 12.7. The maximum absolute atomic E-state index is 13.0. The molecule has 0 N–H and O–H groups in total. The second kappa shape index (κ2) is 8.75. The van der Waals surface area contributed by atoms with Gasteiger partial charge in [0.05, 0.1) is 13.2 Å². The first-order valence-electron chi connectivity index (χ1n) is 8.36. The average molecular weight is 412 g/mol. The molecule has 0 bridgehead atoms. The first kappa shape index (κ1) is 21.2. The fourth-order valence-corrected chi connectivity index (χ4v) is 4.30. The molecule has 146 valence electrons. The molecule has 0 aromatic carbocycles. The first-order valence-corrected chi connectivity index (χ1v) is 9.59. The smallest absolute Gasteiger partial charge is 0.363 e. The summed E-state index contributed by atoms with van der Waals surface area (Å²) in [6.45, 7) is 8.68. The Balaban J connectivity index is 2.61. The summed E-state index contributed by atoms with van der Waals surface area (Å²) in [6.07, 6.45) is 0. The SMILES string of the molecule is CCOC(=O)C1C(=S)N=C(C)OC1(Sc1nc(C)cc(C)n1)C(=O)OCC. The molecule has 8 nitrogen and oxygen atoms in total. The van der Waals surface area contributed by atoms with Crippen molar-refractivity contribution in [1.29, 1.82) is 0 Å². The lowest BCUT2D eigenvalue weighted by atomic mass is 10.00. The predicted octanol–water partition coefficient (Wildman–Crippen LogP) is 2.40. The van der Waals surface area contributed by atoms with Crippen LogP contribution in [0.1, 0.15) is 32.2 Å². The second-order valence-electron chi connectivity index (χ2n) is 5.68. The number of hydrogen-bond donors (Lipinski definition) is 0. The van der Waals surface area contributed by atoms with Gasteiger partial charge in [-0.2, -0.15) is 0 Å². The van der Waals surface area contributed by atoms with Crippen molar-refractivity contribution in [2.45, 2.75) is 44.7 Å². The number of thiocarbonyl (C=S) groups is 1. The fourth-order valence-electron chi connectivity index (χ4n) is 2.55. The summed E-state index contributed by atoms with van der Waals surface area (Å²) in [4.78, 5) is 36.4. The molecule has 1 aliphatic rings. The summed E-state index contributed by atoms with van der Waals surface area (Å²) in [5.74, 6) is -2.62. The van der Waals surface area contributed by atoms with Crippen LogP contribution >= 0.6 is 24.0 Å². The van der Waals surface area contributed by atoms with Gasteiger partial charge in [0.1, 0.15) is 4.99 Å². The molecule has 0 aliphatic carbocycles. The normalized spacial score (nSPS) is 21.9. The summed E-state index contributed by atoms with van der Waals surface area (Å²) in [7, 11) is 0. The number of rotatable bonds is 6. The molecule has 0 saturated heterocycles. The van der Waals surface area contributed by atoms with Gasteiger partial charge in [0.25, 0.3) is 4.93 Å². The quantitative estimate of drug-likeness (QED) is 0.397. The monoisotopic (exact) mass is 411 g/mol. The third-order valence-corrected chi connectivity index (χ3v) is 4.96. The third kappa shape index (κ3) is 4.62. The summed E-state index contributed by atoms with van der Waals surface area (Å²) in [5.41, 5.74) is 1.42. The van der Waals surface area contributed by atoms with Crippen molar-refractivity contribution in [2.75, 3.05) is 13.2 Å². The molecule has 1 aromatic heterocycles. The number of carbonyl (C=O) groups is 2. The van der Waals surface area contributed by atoms with Crippen molar-refractivity contribution in [3.63, 3.8) is 0 Å². The minimum absolute atomic E-state index is 0.0119. The lowest BCUT2D eigenvalue weighted by Crippen LogP contribution is -2.56. The highest BCUT2D eigenvalue weighted by atomic mass is 32.2.